The minimum Gasteiger partial charge on any atom is -0.422 e. The summed E-state index contributed by atoms with van der Waals surface area (Å²) in [5.74, 6) is 0.120. The van der Waals surface area contributed by atoms with Gasteiger partial charge in [0.25, 0.3) is 0 Å². The molecule has 0 spiro atoms. The van der Waals surface area contributed by atoms with E-state index in [0.717, 1.165) is 12.8 Å². The molecule has 0 aromatic heterocycles. The van der Waals surface area contributed by atoms with Crippen molar-refractivity contribution in [3.8, 4) is 0 Å². The van der Waals surface area contributed by atoms with Gasteiger partial charge >= 0.3 is 12.3 Å². The second-order valence-corrected chi connectivity index (χ2v) is 2.92. The highest BCUT2D eigenvalue weighted by molar-refractivity contribution is 5.78. The molecule has 1 aliphatic heterocycles. The van der Waals surface area contributed by atoms with Gasteiger partial charge in [-0.1, -0.05) is 19.9 Å². The van der Waals surface area contributed by atoms with Crippen molar-refractivity contribution < 1.29 is 23.8 Å². The molecule has 0 N–H and O–H groups in total. The molecule has 1 rings (SSSR count). The monoisotopic (exact) mass is 200 g/mol. The maximum atomic E-state index is 10.8. The quantitative estimate of drug-likeness (QED) is 0.517. The van der Waals surface area contributed by atoms with Gasteiger partial charge in [-0.05, 0) is 12.8 Å². The highest BCUT2D eigenvalue weighted by atomic mass is 16.8. The maximum absolute atomic E-state index is 10.8. The van der Waals surface area contributed by atoms with Crippen molar-refractivity contribution in [2.24, 2.45) is 0 Å². The Morgan fingerprint density at radius 2 is 2.00 bits per heavy atom. The summed E-state index contributed by atoms with van der Waals surface area (Å²) in [4.78, 5) is 21.5. The lowest BCUT2D eigenvalue weighted by molar-refractivity contribution is 0.0608. The largest absolute Gasteiger partial charge is 0.523 e. The van der Waals surface area contributed by atoms with Crippen LogP contribution < -0.4 is 0 Å². The van der Waals surface area contributed by atoms with Gasteiger partial charge in [-0.15, -0.1) is 0 Å². The van der Waals surface area contributed by atoms with Crippen molar-refractivity contribution >= 4 is 12.3 Å². The van der Waals surface area contributed by atoms with E-state index in [4.69, 9.17) is 4.74 Å². The molecule has 0 amide bonds. The maximum Gasteiger partial charge on any atom is 0.523 e. The highest BCUT2D eigenvalue weighted by Crippen LogP contribution is 2.18. The number of carbonyl (C=O) groups is 2. The van der Waals surface area contributed by atoms with Crippen molar-refractivity contribution in [1.82, 2.24) is 0 Å². The van der Waals surface area contributed by atoms with Crippen molar-refractivity contribution in [1.29, 1.82) is 0 Å². The van der Waals surface area contributed by atoms with Crippen molar-refractivity contribution in [3.05, 3.63) is 12.3 Å². The third-order valence-corrected chi connectivity index (χ3v) is 1.80. The Kier molecular flexibility index (Phi) is 3.50. The molecular formula is C9H12O5. The zero-order valence-electron chi connectivity index (χ0n) is 7.95. The molecule has 1 atom stereocenters. The number of rotatable bonds is 3. The van der Waals surface area contributed by atoms with E-state index in [1.807, 2.05) is 6.92 Å². The van der Waals surface area contributed by atoms with Crippen LogP contribution in [0.4, 0.5) is 9.59 Å². The van der Waals surface area contributed by atoms with Gasteiger partial charge in [0, 0.05) is 0 Å². The van der Waals surface area contributed by atoms with Crippen LogP contribution in [-0.2, 0) is 14.2 Å². The number of hydrogen-bond acceptors (Lipinski definition) is 5. The normalized spacial score (nSPS) is 22.1. The Morgan fingerprint density at radius 3 is 2.64 bits per heavy atom. The minimum atomic E-state index is -1.08. The van der Waals surface area contributed by atoms with Crippen molar-refractivity contribution in [2.45, 2.75) is 32.3 Å². The molecular weight excluding hydrogens is 188 g/mol. The number of hydrogen-bond donors (Lipinski definition) is 0. The van der Waals surface area contributed by atoms with Gasteiger partial charge in [0.1, 0.15) is 5.76 Å². The fraction of sp³-hybridized carbons (Fsp3) is 0.556. The summed E-state index contributed by atoms with van der Waals surface area (Å²) in [5.41, 5.74) is 0. The van der Waals surface area contributed by atoms with Crippen LogP contribution in [0.5, 0.6) is 0 Å². The fourth-order valence-electron chi connectivity index (χ4n) is 1.08. The summed E-state index contributed by atoms with van der Waals surface area (Å²) in [7, 11) is 0. The lowest BCUT2D eigenvalue weighted by atomic mass is 10.1. The molecule has 5 nitrogen and oxygen atoms in total. The Morgan fingerprint density at radius 1 is 1.29 bits per heavy atom. The van der Waals surface area contributed by atoms with Crippen LogP contribution in [0, 0.1) is 0 Å². The van der Waals surface area contributed by atoms with Gasteiger partial charge in [-0.3, -0.25) is 0 Å². The molecule has 1 aliphatic rings. The van der Waals surface area contributed by atoms with Crippen LogP contribution in [0.1, 0.15) is 26.2 Å². The van der Waals surface area contributed by atoms with E-state index in [2.05, 4.69) is 16.1 Å². The van der Waals surface area contributed by atoms with Crippen LogP contribution in [0.2, 0.25) is 0 Å². The smallest absolute Gasteiger partial charge is 0.422 e. The molecule has 0 aliphatic carbocycles. The van der Waals surface area contributed by atoms with Crippen LogP contribution in [0.15, 0.2) is 12.3 Å². The van der Waals surface area contributed by atoms with Gasteiger partial charge in [-0.2, -0.15) is 0 Å². The average Bonchev–Trinajstić information content (AvgIpc) is 2.21. The van der Waals surface area contributed by atoms with E-state index in [0.29, 0.717) is 6.42 Å². The second-order valence-electron chi connectivity index (χ2n) is 2.92. The van der Waals surface area contributed by atoms with Crippen LogP contribution in [0.3, 0.4) is 0 Å². The first-order valence-electron chi connectivity index (χ1n) is 4.42. The SMILES string of the molecule is C=C1OC(=O)OC(=O)OC1CCCC. The van der Waals surface area contributed by atoms with Gasteiger partial charge in [0.15, 0.2) is 6.10 Å². The first-order chi connectivity index (χ1) is 6.63. The lowest BCUT2D eigenvalue weighted by Crippen LogP contribution is -2.17. The summed E-state index contributed by atoms with van der Waals surface area (Å²) >= 11 is 0. The zero-order chi connectivity index (χ0) is 10.6. The fourth-order valence-corrected chi connectivity index (χ4v) is 1.08. The van der Waals surface area contributed by atoms with Gasteiger partial charge in [-0.25, -0.2) is 9.59 Å². The topological polar surface area (TPSA) is 61.8 Å². The molecule has 1 fully saturated rings. The Labute approximate surface area is 81.6 Å². The first-order valence-corrected chi connectivity index (χ1v) is 4.42. The van der Waals surface area contributed by atoms with E-state index in [9.17, 15) is 9.59 Å². The predicted octanol–water partition coefficient (Wildman–Crippen LogP) is 2.36. The number of carbonyl (C=O) groups excluding carboxylic acids is 2. The standard InChI is InChI=1S/C9H12O5/c1-3-4-5-7-6(2)12-8(10)14-9(11)13-7/h7H,2-5H2,1H3. The molecule has 78 valence electrons. The second kappa shape index (κ2) is 4.64. The third kappa shape index (κ3) is 2.76. The molecule has 0 aromatic rings. The summed E-state index contributed by atoms with van der Waals surface area (Å²) in [5, 5.41) is 0. The van der Waals surface area contributed by atoms with Crippen molar-refractivity contribution in [3.63, 3.8) is 0 Å². The first kappa shape index (κ1) is 10.6. The Bertz CT molecular complexity index is 258. The predicted molar refractivity (Wildman–Crippen MR) is 46.5 cm³/mol. The molecule has 1 unspecified atom stereocenters. The number of unbranched alkanes of at least 4 members (excludes halogenated alkanes) is 1. The summed E-state index contributed by atoms with van der Waals surface area (Å²) in [6.07, 6.45) is -0.315. The van der Waals surface area contributed by atoms with E-state index in [1.165, 1.54) is 0 Å². The molecule has 0 aromatic carbocycles. The van der Waals surface area contributed by atoms with E-state index in [-0.39, 0.29) is 5.76 Å². The molecule has 0 bridgehead atoms. The lowest BCUT2D eigenvalue weighted by Gasteiger charge is -2.12. The van der Waals surface area contributed by atoms with E-state index < -0.39 is 18.4 Å². The Balaban J connectivity index is 2.59. The molecule has 0 radical (unpaired) electrons. The van der Waals surface area contributed by atoms with E-state index in [1.54, 1.807) is 0 Å². The average molecular weight is 200 g/mol. The van der Waals surface area contributed by atoms with Crippen LogP contribution in [-0.4, -0.2) is 18.4 Å². The minimum absolute atomic E-state index is 0.120. The number of cyclic esters (lactones) is 4. The summed E-state index contributed by atoms with van der Waals surface area (Å²) < 4.78 is 13.5. The Hall–Kier alpha value is -1.52. The summed E-state index contributed by atoms with van der Waals surface area (Å²) in [6, 6.07) is 0. The molecule has 14 heavy (non-hydrogen) atoms. The van der Waals surface area contributed by atoms with Gasteiger partial charge < -0.3 is 14.2 Å². The third-order valence-electron chi connectivity index (χ3n) is 1.80. The van der Waals surface area contributed by atoms with E-state index >= 15 is 0 Å². The van der Waals surface area contributed by atoms with Crippen LogP contribution in [0.25, 0.3) is 0 Å². The van der Waals surface area contributed by atoms with Gasteiger partial charge in [0.05, 0.1) is 0 Å². The molecule has 5 heteroatoms. The van der Waals surface area contributed by atoms with Crippen molar-refractivity contribution in [2.75, 3.05) is 0 Å². The zero-order valence-corrected chi connectivity index (χ0v) is 7.95. The van der Waals surface area contributed by atoms with Crippen LogP contribution >= 0.6 is 0 Å². The molecule has 1 heterocycles. The number of ether oxygens (including phenoxy) is 3. The highest BCUT2D eigenvalue weighted by Gasteiger charge is 2.28. The molecule has 1 saturated heterocycles. The summed E-state index contributed by atoms with van der Waals surface area (Å²) in [6.45, 7) is 5.50. The van der Waals surface area contributed by atoms with Gasteiger partial charge in [0.2, 0.25) is 0 Å². The molecule has 0 saturated carbocycles.